The van der Waals surface area contributed by atoms with Crippen LogP contribution in [0.1, 0.15) is 5.56 Å². The van der Waals surface area contributed by atoms with E-state index in [1.54, 1.807) is 56.5 Å². The van der Waals surface area contributed by atoms with Gasteiger partial charge >= 0.3 is 6.03 Å². The van der Waals surface area contributed by atoms with Crippen LogP contribution in [-0.2, 0) is 11.3 Å². The van der Waals surface area contributed by atoms with Crippen molar-refractivity contribution in [3.8, 4) is 5.75 Å². The van der Waals surface area contributed by atoms with Crippen molar-refractivity contribution in [2.45, 2.75) is 6.54 Å². The van der Waals surface area contributed by atoms with Crippen molar-refractivity contribution in [3.63, 3.8) is 0 Å². The molecule has 0 saturated heterocycles. The minimum absolute atomic E-state index is 0.116. The Bertz CT molecular complexity index is 1080. The molecule has 0 aliphatic carbocycles. The fourth-order valence-corrected chi connectivity index (χ4v) is 2.95. The van der Waals surface area contributed by atoms with E-state index >= 15 is 0 Å². The van der Waals surface area contributed by atoms with Gasteiger partial charge in [-0.05, 0) is 35.9 Å². The summed E-state index contributed by atoms with van der Waals surface area (Å²) in [5, 5.41) is 2.43. The number of nitrogens with one attached hydrogen (secondary N) is 1. The third kappa shape index (κ3) is 6.36. The van der Waals surface area contributed by atoms with E-state index in [2.05, 4.69) is 15.3 Å². The molecule has 0 bridgehead atoms. The van der Waals surface area contributed by atoms with E-state index in [0.717, 1.165) is 23.8 Å². The van der Waals surface area contributed by atoms with Crippen molar-refractivity contribution >= 4 is 23.5 Å². The number of urea groups is 1. The van der Waals surface area contributed by atoms with E-state index in [-0.39, 0.29) is 18.1 Å². The number of hydrogen-bond donors (Lipinski definition) is 1. The quantitative estimate of drug-likeness (QED) is 0.522. The Morgan fingerprint density at radius 2 is 1.85 bits per heavy atom. The summed E-state index contributed by atoms with van der Waals surface area (Å²) in [6.45, 7) is 1.13. The van der Waals surface area contributed by atoms with Crippen LogP contribution in [0.4, 0.5) is 31.0 Å². The zero-order valence-corrected chi connectivity index (χ0v) is 18.6. The lowest BCUT2D eigenvalue weighted by molar-refractivity contribution is 0.206. The van der Waals surface area contributed by atoms with Gasteiger partial charge in [0.2, 0.25) is 5.95 Å². The molecule has 8 nitrogen and oxygen atoms in total. The summed E-state index contributed by atoms with van der Waals surface area (Å²) in [5.41, 5.74) is 0.504. The van der Waals surface area contributed by atoms with Crippen LogP contribution in [0, 0.1) is 11.6 Å². The molecule has 10 heteroatoms. The second-order valence-electron chi connectivity index (χ2n) is 7.12. The number of carbonyl (C=O) groups excluding carboxylic acids is 1. The fraction of sp³-hybridized carbons (Fsp3) is 0.261. The molecule has 0 saturated carbocycles. The number of aromatic nitrogens is 2. The lowest BCUT2D eigenvalue weighted by Gasteiger charge is -2.24. The first-order valence-electron chi connectivity index (χ1n) is 10.1. The van der Waals surface area contributed by atoms with Crippen molar-refractivity contribution < 1.29 is 23.0 Å². The predicted octanol–water partition coefficient (Wildman–Crippen LogP) is 4.08. The van der Waals surface area contributed by atoms with Gasteiger partial charge in [0.15, 0.2) is 0 Å². The van der Waals surface area contributed by atoms with E-state index in [4.69, 9.17) is 9.47 Å². The molecule has 1 N–H and O–H groups in total. The van der Waals surface area contributed by atoms with Crippen LogP contribution >= 0.6 is 0 Å². The molecule has 0 radical (unpaired) electrons. The number of hydrogen-bond acceptors (Lipinski definition) is 6. The highest BCUT2D eigenvalue weighted by Crippen LogP contribution is 2.22. The first kappa shape index (κ1) is 23.9. The number of halogens is 2. The Kier molecular flexibility index (Phi) is 8.09. The van der Waals surface area contributed by atoms with Gasteiger partial charge in [0, 0.05) is 33.0 Å². The number of amides is 2. The van der Waals surface area contributed by atoms with Gasteiger partial charge in [-0.3, -0.25) is 4.90 Å². The monoisotopic (exact) mass is 457 g/mol. The summed E-state index contributed by atoms with van der Waals surface area (Å²) in [6.07, 6.45) is 1.53. The van der Waals surface area contributed by atoms with Crippen molar-refractivity contribution in [1.82, 2.24) is 9.97 Å². The summed E-state index contributed by atoms with van der Waals surface area (Å²) >= 11 is 0. The highest BCUT2D eigenvalue weighted by molar-refractivity contribution is 6.01. The third-order valence-electron chi connectivity index (χ3n) is 4.79. The van der Waals surface area contributed by atoms with E-state index in [0.29, 0.717) is 24.8 Å². The van der Waals surface area contributed by atoms with Gasteiger partial charge in [-0.2, -0.15) is 4.98 Å². The summed E-state index contributed by atoms with van der Waals surface area (Å²) in [7, 11) is 4.95. The molecule has 3 rings (SSSR count). The standard InChI is InChI=1S/C23H25F2N5O3/c1-29(12-13-32-2)22-26-11-10-21(28-22)30(15-16-4-7-18(33-3)8-5-16)23(31)27-20-14-17(24)6-9-19(20)25/h4-11,14H,12-13,15H2,1-3H3,(H,27,31). The first-order valence-corrected chi connectivity index (χ1v) is 10.1. The van der Waals surface area contributed by atoms with Crippen LogP contribution in [0.3, 0.4) is 0 Å². The maximum absolute atomic E-state index is 14.1. The fourth-order valence-electron chi connectivity index (χ4n) is 2.95. The minimum Gasteiger partial charge on any atom is -0.497 e. The molecule has 0 aliphatic heterocycles. The molecule has 174 valence electrons. The number of benzene rings is 2. The Balaban J connectivity index is 1.92. The van der Waals surface area contributed by atoms with Crippen molar-refractivity contribution in [1.29, 1.82) is 0 Å². The molecule has 33 heavy (non-hydrogen) atoms. The molecule has 0 fully saturated rings. The van der Waals surface area contributed by atoms with Crippen molar-refractivity contribution in [3.05, 3.63) is 71.9 Å². The SMILES string of the molecule is COCCN(C)c1nccc(N(Cc2ccc(OC)cc2)C(=O)Nc2cc(F)ccc2F)n1. The maximum Gasteiger partial charge on any atom is 0.327 e. The van der Waals surface area contributed by atoms with Gasteiger partial charge in [0.05, 0.1) is 25.9 Å². The Hall–Kier alpha value is -3.79. The normalized spacial score (nSPS) is 10.6. The van der Waals surface area contributed by atoms with E-state index in [9.17, 15) is 13.6 Å². The van der Waals surface area contributed by atoms with E-state index in [1.165, 1.54) is 11.1 Å². The summed E-state index contributed by atoms with van der Waals surface area (Å²) < 4.78 is 38.0. The lowest BCUT2D eigenvalue weighted by atomic mass is 10.2. The molecule has 3 aromatic rings. The molecule has 1 aromatic heterocycles. The molecule has 2 aromatic carbocycles. The average Bonchev–Trinajstić information content (AvgIpc) is 2.83. The molecular weight excluding hydrogens is 432 g/mol. The van der Waals surface area contributed by atoms with Gasteiger partial charge in [-0.1, -0.05) is 12.1 Å². The summed E-state index contributed by atoms with van der Waals surface area (Å²) in [6, 6.07) is 10.9. The molecule has 0 atom stereocenters. The molecule has 0 unspecified atom stereocenters. The number of carbonyl (C=O) groups is 1. The van der Waals surface area contributed by atoms with Crippen molar-refractivity contribution in [2.75, 3.05) is 49.5 Å². The first-order chi connectivity index (χ1) is 15.9. The van der Waals surface area contributed by atoms with E-state index in [1.807, 2.05) is 0 Å². The molecular formula is C23H25F2N5O3. The third-order valence-corrected chi connectivity index (χ3v) is 4.79. The number of likely N-dealkylation sites (N-methyl/N-ethyl adjacent to an activating group) is 1. The number of rotatable bonds is 9. The molecule has 2 amide bonds. The topological polar surface area (TPSA) is 79.8 Å². The van der Waals surface area contributed by atoms with Crippen LogP contribution in [-0.4, -0.2) is 50.4 Å². The summed E-state index contributed by atoms with van der Waals surface area (Å²) in [4.78, 5) is 25.0. The zero-order chi connectivity index (χ0) is 23.8. The van der Waals surface area contributed by atoms with Crippen LogP contribution in [0.5, 0.6) is 5.75 Å². The maximum atomic E-state index is 14.1. The van der Waals surface area contributed by atoms with Gasteiger partial charge in [-0.25, -0.2) is 18.6 Å². The average molecular weight is 457 g/mol. The molecule has 0 spiro atoms. The smallest absolute Gasteiger partial charge is 0.327 e. The molecule has 1 heterocycles. The van der Waals surface area contributed by atoms with Crippen LogP contribution < -0.4 is 19.9 Å². The van der Waals surface area contributed by atoms with Crippen LogP contribution in [0.25, 0.3) is 0 Å². The van der Waals surface area contributed by atoms with E-state index < -0.39 is 17.7 Å². The Morgan fingerprint density at radius 1 is 1.09 bits per heavy atom. The largest absolute Gasteiger partial charge is 0.497 e. The highest BCUT2D eigenvalue weighted by Gasteiger charge is 2.21. The zero-order valence-electron chi connectivity index (χ0n) is 18.6. The molecule has 0 aliphatic rings. The number of nitrogens with zero attached hydrogens (tertiary/aromatic N) is 4. The minimum atomic E-state index is -0.753. The lowest BCUT2D eigenvalue weighted by Crippen LogP contribution is -2.36. The number of ether oxygens (including phenoxy) is 2. The Labute approximate surface area is 190 Å². The van der Waals surface area contributed by atoms with Crippen LogP contribution in [0.15, 0.2) is 54.7 Å². The van der Waals surface area contributed by atoms with Gasteiger partial charge in [-0.15, -0.1) is 0 Å². The van der Waals surface area contributed by atoms with Gasteiger partial charge < -0.3 is 19.7 Å². The second-order valence-corrected chi connectivity index (χ2v) is 7.12. The predicted molar refractivity (Wildman–Crippen MR) is 122 cm³/mol. The van der Waals surface area contributed by atoms with Gasteiger partial charge in [0.1, 0.15) is 23.2 Å². The Morgan fingerprint density at radius 3 is 2.55 bits per heavy atom. The van der Waals surface area contributed by atoms with Crippen molar-refractivity contribution in [2.24, 2.45) is 0 Å². The highest BCUT2D eigenvalue weighted by atomic mass is 19.1. The van der Waals surface area contributed by atoms with Crippen LogP contribution in [0.2, 0.25) is 0 Å². The summed E-state index contributed by atoms with van der Waals surface area (Å²) in [5.74, 6) is -0.0848. The number of anilines is 3. The van der Waals surface area contributed by atoms with Gasteiger partial charge in [0.25, 0.3) is 0 Å². The number of methoxy groups -OCH3 is 2. The second kappa shape index (κ2) is 11.2.